The molecule has 4 rings (SSSR count). The molecule has 0 saturated carbocycles. The van der Waals surface area contributed by atoms with Crippen molar-refractivity contribution in [2.24, 2.45) is 5.92 Å². The van der Waals surface area contributed by atoms with Crippen LogP contribution in [0.15, 0.2) is 48.5 Å². The minimum Gasteiger partial charge on any atom is -0.353 e. The number of carbonyl (C=O) groups is 2. The number of carbonyl (C=O) groups excluding carboxylic acids is 2. The van der Waals surface area contributed by atoms with E-state index in [1.165, 1.54) is 12.1 Å². The number of hydrogen-bond donors (Lipinski definition) is 1. The summed E-state index contributed by atoms with van der Waals surface area (Å²) in [6.45, 7) is 4.94. The molecule has 8 heteroatoms. The zero-order valence-corrected chi connectivity index (χ0v) is 20.0. The summed E-state index contributed by atoms with van der Waals surface area (Å²) < 4.78 is 38.9. The Morgan fingerprint density at radius 3 is 2.40 bits per heavy atom. The van der Waals surface area contributed by atoms with Gasteiger partial charge in [0.2, 0.25) is 5.91 Å². The van der Waals surface area contributed by atoms with Crippen molar-refractivity contribution < 1.29 is 22.8 Å². The number of hydrogen-bond acceptors (Lipinski definition) is 3. The van der Waals surface area contributed by atoms with Crippen LogP contribution in [0.4, 0.5) is 13.2 Å². The van der Waals surface area contributed by atoms with Gasteiger partial charge in [-0.3, -0.25) is 14.5 Å². The number of benzene rings is 2. The van der Waals surface area contributed by atoms with Crippen LogP contribution in [-0.4, -0.2) is 53.8 Å². The molecule has 2 amide bonds. The van der Waals surface area contributed by atoms with Gasteiger partial charge in [-0.1, -0.05) is 35.9 Å². The van der Waals surface area contributed by atoms with Crippen LogP contribution in [-0.2, 0) is 17.5 Å². The number of rotatable bonds is 5. The molecule has 1 N–H and O–H groups in total. The maximum atomic E-state index is 13.0. The highest BCUT2D eigenvalue weighted by Crippen LogP contribution is 2.30. The van der Waals surface area contributed by atoms with Crippen molar-refractivity contribution in [3.63, 3.8) is 0 Å². The lowest BCUT2D eigenvalue weighted by atomic mass is 9.95. The van der Waals surface area contributed by atoms with Gasteiger partial charge in [-0.2, -0.15) is 13.2 Å². The third-order valence-corrected chi connectivity index (χ3v) is 6.97. The Labute approximate surface area is 204 Å². The Bertz CT molecular complexity index is 1030. The number of nitrogens with zero attached hydrogens (tertiary/aromatic N) is 2. The SMILES string of the molecule is Cc1ccc(C(=O)N2CCCC(C(=O)NC3CCN(Cc4cccc(C(F)(F)F)c4)CC3)C2)cc1. The van der Waals surface area contributed by atoms with E-state index in [9.17, 15) is 22.8 Å². The molecular weight excluding hydrogens is 455 g/mol. The number of amides is 2. The Morgan fingerprint density at radius 1 is 1.00 bits per heavy atom. The van der Waals surface area contributed by atoms with Crippen molar-refractivity contribution in [3.8, 4) is 0 Å². The van der Waals surface area contributed by atoms with Crippen molar-refractivity contribution in [1.82, 2.24) is 15.1 Å². The van der Waals surface area contributed by atoms with Crippen molar-refractivity contribution in [2.75, 3.05) is 26.2 Å². The molecule has 2 aromatic carbocycles. The predicted octanol–water partition coefficient (Wildman–Crippen LogP) is 4.65. The number of halogens is 3. The summed E-state index contributed by atoms with van der Waals surface area (Å²) in [6, 6.07) is 13.0. The van der Waals surface area contributed by atoms with Crippen molar-refractivity contribution in [3.05, 3.63) is 70.8 Å². The van der Waals surface area contributed by atoms with E-state index in [0.717, 1.165) is 37.3 Å². The Morgan fingerprint density at radius 2 is 1.71 bits per heavy atom. The summed E-state index contributed by atoms with van der Waals surface area (Å²) in [5, 5.41) is 3.16. The molecule has 0 aromatic heterocycles. The molecule has 2 aliphatic rings. The number of alkyl halides is 3. The number of likely N-dealkylation sites (tertiary alicyclic amines) is 2. The molecule has 0 bridgehead atoms. The summed E-state index contributed by atoms with van der Waals surface area (Å²) in [7, 11) is 0. The van der Waals surface area contributed by atoms with E-state index in [4.69, 9.17) is 0 Å². The highest BCUT2D eigenvalue weighted by atomic mass is 19.4. The largest absolute Gasteiger partial charge is 0.416 e. The summed E-state index contributed by atoms with van der Waals surface area (Å²) in [5.41, 5.74) is 1.76. The molecule has 188 valence electrons. The molecule has 0 radical (unpaired) electrons. The average Bonchev–Trinajstić information content (AvgIpc) is 2.85. The van der Waals surface area contributed by atoms with E-state index in [-0.39, 0.29) is 23.8 Å². The second-order valence-electron chi connectivity index (χ2n) is 9.71. The number of nitrogens with one attached hydrogen (secondary N) is 1. The lowest BCUT2D eigenvalue weighted by Gasteiger charge is -2.35. The fraction of sp³-hybridized carbons (Fsp3) is 0.481. The first-order valence-electron chi connectivity index (χ1n) is 12.2. The second-order valence-corrected chi connectivity index (χ2v) is 9.71. The first-order valence-corrected chi connectivity index (χ1v) is 12.2. The van der Waals surface area contributed by atoms with Crippen LogP contribution in [0.3, 0.4) is 0 Å². The first-order chi connectivity index (χ1) is 16.7. The van der Waals surface area contributed by atoms with Gasteiger partial charge in [0.05, 0.1) is 11.5 Å². The van der Waals surface area contributed by atoms with E-state index in [1.54, 1.807) is 11.0 Å². The van der Waals surface area contributed by atoms with Crippen LogP contribution >= 0.6 is 0 Å². The lowest BCUT2D eigenvalue weighted by Crippen LogP contribution is -2.50. The Hall–Kier alpha value is -2.87. The summed E-state index contributed by atoms with van der Waals surface area (Å²) in [4.78, 5) is 29.7. The molecule has 1 atom stereocenters. The second kappa shape index (κ2) is 10.8. The molecule has 0 spiro atoms. The molecule has 1 unspecified atom stereocenters. The van der Waals surface area contributed by atoms with Gasteiger partial charge in [0, 0.05) is 44.3 Å². The maximum absolute atomic E-state index is 13.0. The minimum absolute atomic E-state index is 0.0114. The van der Waals surface area contributed by atoms with Gasteiger partial charge in [-0.25, -0.2) is 0 Å². The highest BCUT2D eigenvalue weighted by Gasteiger charge is 2.32. The lowest BCUT2D eigenvalue weighted by molar-refractivity contribution is -0.137. The van der Waals surface area contributed by atoms with Crippen molar-refractivity contribution >= 4 is 11.8 Å². The fourth-order valence-electron chi connectivity index (χ4n) is 4.91. The maximum Gasteiger partial charge on any atom is 0.416 e. The minimum atomic E-state index is -4.34. The van der Waals surface area contributed by atoms with Crippen LogP contribution in [0.2, 0.25) is 0 Å². The topological polar surface area (TPSA) is 52.7 Å². The molecule has 2 saturated heterocycles. The van der Waals surface area contributed by atoms with Gasteiger partial charge in [-0.05, 0) is 56.4 Å². The van der Waals surface area contributed by atoms with Gasteiger partial charge in [0.15, 0.2) is 0 Å². The normalized spacial score (nSPS) is 20.0. The average molecular weight is 488 g/mol. The summed E-state index contributed by atoms with van der Waals surface area (Å²) in [5.74, 6) is -0.269. The monoisotopic (exact) mass is 487 g/mol. The van der Waals surface area contributed by atoms with Crippen LogP contribution in [0.25, 0.3) is 0 Å². The molecular formula is C27H32F3N3O2. The molecule has 0 aliphatic carbocycles. The van der Waals surface area contributed by atoms with Crippen molar-refractivity contribution in [2.45, 2.75) is 51.4 Å². The smallest absolute Gasteiger partial charge is 0.353 e. The molecule has 2 aliphatic heterocycles. The zero-order valence-electron chi connectivity index (χ0n) is 20.0. The third-order valence-electron chi connectivity index (χ3n) is 6.97. The quantitative estimate of drug-likeness (QED) is 0.668. The predicted molar refractivity (Wildman–Crippen MR) is 128 cm³/mol. The summed E-state index contributed by atoms with van der Waals surface area (Å²) >= 11 is 0. The van der Waals surface area contributed by atoms with Gasteiger partial charge >= 0.3 is 6.18 Å². The van der Waals surface area contributed by atoms with Crippen LogP contribution < -0.4 is 5.32 Å². The van der Waals surface area contributed by atoms with E-state index < -0.39 is 11.7 Å². The Kier molecular flexibility index (Phi) is 7.79. The van der Waals surface area contributed by atoms with E-state index >= 15 is 0 Å². The third kappa shape index (κ3) is 6.63. The zero-order chi connectivity index (χ0) is 25.0. The van der Waals surface area contributed by atoms with Gasteiger partial charge in [0.25, 0.3) is 5.91 Å². The molecule has 2 aromatic rings. The molecule has 2 fully saturated rings. The molecule has 2 heterocycles. The molecule has 35 heavy (non-hydrogen) atoms. The van der Waals surface area contributed by atoms with Crippen LogP contribution in [0, 0.1) is 12.8 Å². The standard InChI is InChI=1S/C27H32F3N3O2/c1-19-7-9-21(10-8-19)26(35)33-13-3-5-22(18-33)25(34)31-24-11-14-32(15-12-24)17-20-4-2-6-23(16-20)27(28,29)30/h2,4,6-10,16,22,24H,3,5,11-15,17-18H2,1H3,(H,31,34). The summed E-state index contributed by atoms with van der Waals surface area (Å²) in [6.07, 6.45) is -1.28. The van der Waals surface area contributed by atoms with E-state index in [0.29, 0.717) is 43.9 Å². The fourth-order valence-corrected chi connectivity index (χ4v) is 4.91. The molecule has 5 nitrogen and oxygen atoms in total. The van der Waals surface area contributed by atoms with Crippen molar-refractivity contribution in [1.29, 1.82) is 0 Å². The van der Waals surface area contributed by atoms with E-state index in [2.05, 4.69) is 10.2 Å². The number of piperidine rings is 2. The van der Waals surface area contributed by atoms with Gasteiger partial charge in [-0.15, -0.1) is 0 Å². The number of aryl methyl sites for hydroxylation is 1. The van der Waals surface area contributed by atoms with Crippen LogP contribution in [0.1, 0.15) is 52.7 Å². The van der Waals surface area contributed by atoms with E-state index in [1.807, 2.05) is 31.2 Å². The highest BCUT2D eigenvalue weighted by molar-refractivity contribution is 5.94. The van der Waals surface area contributed by atoms with Crippen LogP contribution in [0.5, 0.6) is 0 Å². The Balaban J connectivity index is 1.25. The van der Waals surface area contributed by atoms with Gasteiger partial charge < -0.3 is 10.2 Å². The van der Waals surface area contributed by atoms with Gasteiger partial charge in [0.1, 0.15) is 0 Å². The first kappa shape index (κ1) is 25.2.